The Labute approximate surface area is 143 Å². The van der Waals surface area contributed by atoms with Gasteiger partial charge < -0.3 is 10.6 Å². The number of para-hydroxylation sites is 1. The van der Waals surface area contributed by atoms with Gasteiger partial charge in [0.1, 0.15) is 0 Å². The van der Waals surface area contributed by atoms with E-state index in [4.69, 9.17) is 0 Å². The lowest BCUT2D eigenvalue weighted by Gasteiger charge is -2.14. The molecule has 0 atom stereocenters. The summed E-state index contributed by atoms with van der Waals surface area (Å²) in [6.07, 6.45) is 0. The highest BCUT2D eigenvalue weighted by atomic mass is 19.2. The molecule has 2 amide bonds. The molecule has 0 aliphatic heterocycles. The molecule has 0 aromatic heterocycles. The lowest BCUT2D eigenvalue weighted by Crippen LogP contribution is -2.33. The van der Waals surface area contributed by atoms with Crippen LogP contribution in [0.5, 0.6) is 0 Å². The molecule has 0 heterocycles. The Kier molecular flexibility index (Phi) is 5.80. The first-order valence-corrected chi connectivity index (χ1v) is 7.61. The van der Waals surface area contributed by atoms with Crippen molar-refractivity contribution in [2.24, 2.45) is 0 Å². The SMILES string of the molecule is CC(C)c1ccccc1NC(=O)CNC(=O)c1ccc(F)c(F)c1F. The van der Waals surface area contributed by atoms with Crippen LogP contribution in [0.3, 0.4) is 0 Å². The summed E-state index contributed by atoms with van der Waals surface area (Å²) in [5.41, 5.74) is 0.860. The molecule has 0 bridgehead atoms. The van der Waals surface area contributed by atoms with E-state index < -0.39 is 41.4 Å². The highest BCUT2D eigenvalue weighted by molar-refractivity contribution is 5.99. The van der Waals surface area contributed by atoms with Crippen LogP contribution < -0.4 is 10.6 Å². The van der Waals surface area contributed by atoms with Gasteiger partial charge in [0.25, 0.3) is 5.91 Å². The second kappa shape index (κ2) is 7.83. The number of hydrogen-bond acceptors (Lipinski definition) is 2. The van der Waals surface area contributed by atoms with Crippen molar-refractivity contribution in [1.82, 2.24) is 5.32 Å². The molecule has 132 valence electrons. The third kappa shape index (κ3) is 4.37. The lowest BCUT2D eigenvalue weighted by molar-refractivity contribution is -0.115. The van der Waals surface area contributed by atoms with Crippen LogP contribution in [0.2, 0.25) is 0 Å². The Morgan fingerprint density at radius 1 is 1.00 bits per heavy atom. The van der Waals surface area contributed by atoms with Gasteiger partial charge in [-0.2, -0.15) is 0 Å². The number of hydrogen-bond donors (Lipinski definition) is 2. The van der Waals surface area contributed by atoms with Crippen LogP contribution >= 0.6 is 0 Å². The van der Waals surface area contributed by atoms with Crippen LogP contribution in [0.4, 0.5) is 18.9 Å². The van der Waals surface area contributed by atoms with Crippen LogP contribution in [0.15, 0.2) is 36.4 Å². The van der Waals surface area contributed by atoms with E-state index in [1.54, 1.807) is 12.1 Å². The van der Waals surface area contributed by atoms with Crippen molar-refractivity contribution in [1.29, 1.82) is 0 Å². The zero-order valence-corrected chi connectivity index (χ0v) is 13.7. The van der Waals surface area contributed by atoms with Gasteiger partial charge in [0.05, 0.1) is 12.1 Å². The van der Waals surface area contributed by atoms with Gasteiger partial charge in [-0.3, -0.25) is 9.59 Å². The minimum Gasteiger partial charge on any atom is -0.343 e. The van der Waals surface area contributed by atoms with Crippen LogP contribution in [0, 0.1) is 17.5 Å². The van der Waals surface area contributed by atoms with E-state index in [1.165, 1.54) is 0 Å². The van der Waals surface area contributed by atoms with Crippen molar-refractivity contribution in [3.63, 3.8) is 0 Å². The lowest BCUT2D eigenvalue weighted by atomic mass is 10.0. The van der Waals surface area contributed by atoms with Gasteiger partial charge in [0.2, 0.25) is 5.91 Å². The number of nitrogens with one attached hydrogen (secondary N) is 2. The Balaban J connectivity index is 2.01. The first-order valence-electron chi connectivity index (χ1n) is 7.61. The number of carbonyl (C=O) groups is 2. The van der Waals surface area contributed by atoms with E-state index in [0.29, 0.717) is 11.8 Å². The van der Waals surface area contributed by atoms with Crippen molar-refractivity contribution in [3.05, 3.63) is 65.0 Å². The summed E-state index contributed by atoms with van der Waals surface area (Å²) in [7, 11) is 0. The molecule has 2 N–H and O–H groups in total. The van der Waals surface area contributed by atoms with Crippen LogP contribution in [0.1, 0.15) is 35.7 Å². The predicted octanol–water partition coefficient (Wildman–Crippen LogP) is 3.60. The normalized spacial score (nSPS) is 10.6. The monoisotopic (exact) mass is 350 g/mol. The van der Waals surface area contributed by atoms with Crippen molar-refractivity contribution in [2.75, 3.05) is 11.9 Å². The molecule has 0 aliphatic rings. The largest absolute Gasteiger partial charge is 0.343 e. The molecule has 0 saturated heterocycles. The maximum absolute atomic E-state index is 13.5. The number of rotatable bonds is 5. The quantitative estimate of drug-likeness (QED) is 0.810. The minimum absolute atomic E-state index is 0.183. The molecule has 0 aliphatic carbocycles. The standard InChI is InChI=1S/C18H17F3N2O2/c1-10(2)11-5-3-4-6-14(11)23-15(24)9-22-18(25)12-7-8-13(19)17(21)16(12)20/h3-8,10H,9H2,1-2H3,(H,22,25)(H,23,24). The Bertz CT molecular complexity index is 807. The molecular formula is C18H17F3N2O2. The number of carbonyl (C=O) groups excluding carboxylic acids is 2. The van der Waals surface area contributed by atoms with Crippen molar-refractivity contribution in [2.45, 2.75) is 19.8 Å². The van der Waals surface area contributed by atoms with Crippen LogP contribution in [0.25, 0.3) is 0 Å². The van der Waals surface area contributed by atoms with E-state index >= 15 is 0 Å². The highest BCUT2D eigenvalue weighted by Gasteiger charge is 2.19. The molecular weight excluding hydrogens is 333 g/mol. The number of amides is 2. The average molecular weight is 350 g/mol. The van der Waals surface area contributed by atoms with E-state index in [-0.39, 0.29) is 5.92 Å². The molecule has 7 heteroatoms. The molecule has 2 aromatic rings. The summed E-state index contributed by atoms with van der Waals surface area (Å²) in [5, 5.41) is 4.83. The fourth-order valence-corrected chi connectivity index (χ4v) is 2.27. The summed E-state index contributed by atoms with van der Waals surface area (Å²) in [4.78, 5) is 23.8. The fourth-order valence-electron chi connectivity index (χ4n) is 2.27. The first kappa shape index (κ1) is 18.5. The summed E-state index contributed by atoms with van der Waals surface area (Å²) in [6.45, 7) is 3.50. The van der Waals surface area contributed by atoms with Crippen LogP contribution in [-0.2, 0) is 4.79 Å². The molecule has 25 heavy (non-hydrogen) atoms. The van der Waals surface area contributed by atoms with E-state index in [0.717, 1.165) is 11.6 Å². The zero-order valence-electron chi connectivity index (χ0n) is 13.7. The van der Waals surface area contributed by atoms with E-state index in [2.05, 4.69) is 10.6 Å². The van der Waals surface area contributed by atoms with Gasteiger partial charge >= 0.3 is 0 Å². The first-order chi connectivity index (χ1) is 11.8. The number of anilines is 1. The molecule has 0 radical (unpaired) electrons. The summed E-state index contributed by atoms with van der Waals surface area (Å²) in [5.74, 6) is -6.07. The van der Waals surface area contributed by atoms with E-state index in [1.807, 2.05) is 26.0 Å². The van der Waals surface area contributed by atoms with Crippen molar-refractivity contribution < 1.29 is 22.8 Å². The van der Waals surface area contributed by atoms with Gasteiger partial charge in [0.15, 0.2) is 17.5 Å². The van der Waals surface area contributed by atoms with Crippen molar-refractivity contribution in [3.8, 4) is 0 Å². The van der Waals surface area contributed by atoms with Crippen LogP contribution in [-0.4, -0.2) is 18.4 Å². The number of halogens is 3. The van der Waals surface area contributed by atoms with Gasteiger partial charge in [-0.25, -0.2) is 13.2 Å². The Morgan fingerprint density at radius 2 is 1.68 bits per heavy atom. The van der Waals surface area contributed by atoms with Gasteiger partial charge in [-0.15, -0.1) is 0 Å². The minimum atomic E-state index is -1.73. The molecule has 0 saturated carbocycles. The second-order valence-corrected chi connectivity index (χ2v) is 5.70. The Hall–Kier alpha value is -2.83. The second-order valence-electron chi connectivity index (χ2n) is 5.70. The van der Waals surface area contributed by atoms with Gasteiger partial charge in [-0.1, -0.05) is 32.0 Å². The van der Waals surface area contributed by atoms with E-state index in [9.17, 15) is 22.8 Å². The molecule has 0 spiro atoms. The average Bonchev–Trinajstić information content (AvgIpc) is 2.58. The topological polar surface area (TPSA) is 58.2 Å². The summed E-state index contributed by atoms with van der Waals surface area (Å²) >= 11 is 0. The van der Waals surface area contributed by atoms with Gasteiger partial charge in [-0.05, 0) is 29.7 Å². The number of benzene rings is 2. The molecule has 4 nitrogen and oxygen atoms in total. The van der Waals surface area contributed by atoms with Crippen molar-refractivity contribution >= 4 is 17.5 Å². The smallest absolute Gasteiger partial charge is 0.254 e. The molecule has 0 fully saturated rings. The summed E-state index contributed by atoms with van der Waals surface area (Å²) < 4.78 is 39.6. The predicted molar refractivity (Wildman–Crippen MR) is 87.8 cm³/mol. The molecule has 2 rings (SSSR count). The third-order valence-corrected chi connectivity index (χ3v) is 3.55. The zero-order chi connectivity index (χ0) is 18.6. The Morgan fingerprint density at radius 3 is 2.36 bits per heavy atom. The molecule has 2 aromatic carbocycles. The maximum atomic E-state index is 13.5. The highest BCUT2D eigenvalue weighted by Crippen LogP contribution is 2.23. The van der Waals surface area contributed by atoms with Gasteiger partial charge in [0, 0.05) is 5.69 Å². The fraction of sp³-hybridized carbons (Fsp3) is 0.222. The maximum Gasteiger partial charge on any atom is 0.254 e. The molecule has 0 unspecified atom stereocenters. The summed E-state index contributed by atoms with van der Waals surface area (Å²) in [6, 6.07) is 8.66. The third-order valence-electron chi connectivity index (χ3n) is 3.55.